The van der Waals surface area contributed by atoms with Crippen molar-refractivity contribution in [3.63, 3.8) is 0 Å². The second-order valence-corrected chi connectivity index (χ2v) is 6.10. The molecule has 1 amide bonds. The number of para-hydroxylation sites is 2. The number of nitrogens with zero attached hydrogens (tertiary/aromatic N) is 1. The normalized spacial score (nSPS) is 10.8. The SMILES string of the molecule is CC(C)COc1ccccc1NC(=O)c1n[nH]c(=O)c2ccccc12. The van der Waals surface area contributed by atoms with Crippen LogP contribution in [0.1, 0.15) is 24.3 Å². The zero-order valence-corrected chi connectivity index (χ0v) is 14.1. The van der Waals surface area contributed by atoms with Crippen molar-refractivity contribution in [2.45, 2.75) is 13.8 Å². The number of hydrogen-bond donors (Lipinski definition) is 2. The number of carbonyl (C=O) groups is 1. The first-order chi connectivity index (χ1) is 12.1. The highest BCUT2D eigenvalue weighted by Gasteiger charge is 2.16. The number of nitrogens with one attached hydrogen (secondary N) is 2. The molecule has 3 rings (SSSR count). The van der Waals surface area contributed by atoms with Crippen molar-refractivity contribution >= 4 is 22.4 Å². The maximum absolute atomic E-state index is 12.7. The Bertz CT molecular complexity index is 963. The van der Waals surface area contributed by atoms with E-state index in [0.717, 1.165) is 0 Å². The van der Waals surface area contributed by atoms with Gasteiger partial charge in [0.15, 0.2) is 5.69 Å². The van der Waals surface area contributed by atoms with Gasteiger partial charge < -0.3 is 10.1 Å². The van der Waals surface area contributed by atoms with Crippen LogP contribution in [0, 0.1) is 5.92 Å². The van der Waals surface area contributed by atoms with Gasteiger partial charge in [0.2, 0.25) is 0 Å². The second kappa shape index (κ2) is 7.17. The molecular weight excluding hydrogens is 318 g/mol. The molecule has 0 saturated carbocycles. The van der Waals surface area contributed by atoms with Crippen LogP contribution in [0.3, 0.4) is 0 Å². The first kappa shape index (κ1) is 16.7. The van der Waals surface area contributed by atoms with Crippen LogP contribution < -0.4 is 15.6 Å². The smallest absolute Gasteiger partial charge is 0.276 e. The monoisotopic (exact) mass is 337 g/mol. The van der Waals surface area contributed by atoms with Crippen molar-refractivity contribution in [3.8, 4) is 5.75 Å². The van der Waals surface area contributed by atoms with E-state index in [9.17, 15) is 9.59 Å². The van der Waals surface area contributed by atoms with Crippen molar-refractivity contribution in [2.24, 2.45) is 5.92 Å². The molecule has 1 heterocycles. The zero-order chi connectivity index (χ0) is 17.8. The average molecular weight is 337 g/mol. The van der Waals surface area contributed by atoms with E-state index in [1.165, 1.54) is 0 Å². The van der Waals surface area contributed by atoms with Crippen molar-refractivity contribution < 1.29 is 9.53 Å². The third-order valence-corrected chi connectivity index (χ3v) is 3.62. The Morgan fingerprint density at radius 2 is 1.80 bits per heavy atom. The van der Waals surface area contributed by atoms with Gasteiger partial charge >= 0.3 is 0 Å². The predicted molar refractivity (Wildman–Crippen MR) is 97.1 cm³/mol. The van der Waals surface area contributed by atoms with Gasteiger partial charge in [0.25, 0.3) is 11.5 Å². The maximum atomic E-state index is 12.7. The highest BCUT2D eigenvalue weighted by atomic mass is 16.5. The molecule has 0 bridgehead atoms. The van der Waals surface area contributed by atoms with Crippen molar-refractivity contribution in [2.75, 3.05) is 11.9 Å². The highest BCUT2D eigenvalue weighted by Crippen LogP contribution is 2.25. The molecule has 6 heteroatoms. The van der Waals surface area contributed by atoms with E-state index in [0.29, 0.717) is 34.7 Å². The number of rotatable bonds is 5. The molecule has 25 heavy (non-hydrogen) atoms. The van der Waals surface area contributed by atoms with Crippen LogP contribution >= 0.6 is 0 Å². The van der Waals surface area contributed by atoms with E-state index < -0.39 is 5.91 Å². The second-order valence-electron chi connectivity index (χ2n) is 6.10. The predicted octanol–water partition coefficient (Wildman–Crippen LogP) is 3.21. The van der Waals surface area contributed by atoms with Crippen LogP contribution in [0.2, 0.25) is 0 Å². The topological polar surface area (TPSA) is 84.1 Å². The van der Waals surface area contributed by atoms with E-state index in [1.54, 1.807) is 36.4 Å². The number of carbonyl (C=O) groups excluding carboxylic acids is 1. The molecule has 0 aliphatic heterocycles. The summed E-state index contributed by atoms with van der Waals surface area (Å²) in [6.45, 7) is 4.65. The first-order valence-electron chi connectivity index (χ1n) is 8.07. The van der Waals surface area contributed by atoms with Gasteiger partial charge in [-0.2, -0.15) is 5.10 Å². The summed E-state index contributed by atoms with van der Waals surface area (Å²) in [6, 6.07) is 14.1. The summed E-state index contributed by atoms with van der Waals surface area (Å²) in [6.07, 6.45) is 0. The molecule has 0 aliphatic carbocycles. The highest BCUT2D eigenvalue weighted by molar-refractivity contribution is 6.11. The fourth-order valence-electron chi connectivity index (χ4n) is 2.42. The number of fused-ring (bicyclic) bond motifs is 1. The quantitative estimate of drug-likeness (QED) is 0.749. The van der Waals surface area contributed by atoms with E-state index in [2.05, 4.69) is 29.4 Å². The summed E-state index contributed by atoms with van der Waals surface area (Å²) >= 11 is 0. The summed E-state index contributed by atoms with van der Waals surface area (Å²) in [4.78, 5) is 24.5. The maximum Gasteiger partial charge on any atom is 0.276 e. The molecule has 128 valence electrons. The number of hydrogen-bond acceptors (Lipinski definition) is 4. The minimum absolute atomic E-state index is 0.161. The van der Waals surface area contributed by atoms with Gasteiger partial charge in [-0.1, -0.05) is 44.2 Å². The van der Waals surface area contributed by atoms with Gasteiger partial charge in [-0.3, -0.25) is 9.59 Å². The number of amides is 1. The fourth-order valence-corrected chi connectivity index (χ4v) is 2.42. The van der Waals surface area contributed by atoms with Crippen LogP contribution in [0.25, 0.3) is 10.8 Å². The molecule has 0 spiro atoms. The lowest BCUT2D eigenvalue weighted by Crippen LogP contribution is -2.19. The van der Waals surface area contributed by atoms with Gasteiger partial charge in [0, 0.05) is 5.39 Å². The molecule has 3 aromatic rings. The molecule has 2 aromatic carbocycles. The third-order valence-electron chi connectivity index (χ3n) is 3.62. The molecule has 0 aliphatic rings. The number of aromatic nitrogens is 2. The number of H-pyrrole nitrogens is 1. The summed E-state index contributed by atoms with van der Waals surface area (Å²) in [5.74, 6) is 0.555. The molecule has 0 atom stereocenters. The zero-order valence-electron chi connectivity index (χ0n) is 14.1. The minimum Gasteiger partial charge on any atom is -0.491 e. The van der Waals surface area contributed by atoms with Crippen LogP contribution in [0.15, 0.2) is 53.3 Å². The molecule has 0 unspecified atom stereocenters. The van der Waals surface area contributed by atoms with Gasteiger partial charge in [-0.05, 0) is 24.1 Å². The van der Waals surface area contributed by atoms with Gasteiger partial charge in [-0.15, -0.1) is 0 Å². The van der Waals surface area contributed by atoms with E-state index >= 15 is 0 Å². The molecule has 0 saturated heterocycles. The van der Waals surface area contributed by atoms with Crippen LogP contribution in [0.4, 0.5) is 5.69 Å². The summed E-state index contributed by atoms with van der Waals surface area (Å²) < 4.78 is 5.75. The number of anilines is 1. The fraction of sp³-hybridized carbons (Fsp3) is 0.211. The lowest BCUT2D eigenvalue weighted by atomic mass is 10.1. The van der Waals surface area contributed by atoms with Gasteiger partial charge in [0.1, 0.15) is 5.75 Å². The Morgan fingerprint density at radius 1 is 1.12 bits per heavy atom. The molecular formula is C19H19N3O3. The lowest BCUT2D eigenvalue weighted by molar-refractivity contribution is 0.102. The standard InChI is InChI=1S/C19H19N3O3/c1-12(2)11-25-16-10-6-5-9-15(16)20-19(24)17-13-7-3-4-8-14(13)18(23)22-21-17/h3-10,12H,11H2,1-2H3,(H,20,24)(H,22,23). The molecule has 1 aromatic heterocycles. The van der Waals surface area contributed by atoms with Gasteiger partial charge in [-0.25, -0.2) is 5.10 Å². The lowest BCUT2D eigenvalue weighted by Gasteiger charge is -2.14. The Hall–Kier alpha value is -3.15. The average Bonchev–Trinajstić information content (AvgIpc) is 2.61. The van der Waals surface area contributed by atoms with Crippen LogP contribution in [-0.4, -0.2) is 22.7 Å². The minimum atomic E-state index is -0.409. The Kier molecular flexibility index (Phi) is 4.79. The Labute approximate surface area is 144 Å². The number of aromatic amines is 1. The number of benzene rings is 2. The van der Waals surface area contributed by atoms with E-state index in [1.807, 2.05) is 12.1 Å². The van der Waals surface area contributed by atoms with E-state index in [4.69, 9.17) is 4.74 Å². The number of ether oxygens (including phenoxy) is 1. The summed E-state index contributed by atoms with van der Waals surface area (Å²) in [5.41, 5.74) is 0.395. The third kappa shape index (κ3) is 3.68. The van der Waals surface area contributed by atoms with Crippen molar-refractivity contribution in [1.29, 1.82) is 0 Å². The van der Waals surface area contributed by atoms with Gasteiger partial charge in [0.05, 0.1) is 17.7 Å². The Morgan fingerprint density at radius 3 is 2.56 bits per heavy atom. The summed E-state index contributed by atoms with van der Waals surface area (Å²) in [5, 5.41) is 10.0. The summed E-state index contributed by atoms with van der Waals surface area (Å²) in [7, 11) is 0. The van der Waals surface area contributed by atoms with Crippen molar-refractivity contribution in [3.05, 3.63) is 64.6 Å². The largest absolute Gasteiger partial charge is 0.491 e. The van der Waals surface area contributed by atoms with Crippen molar-refractivity contribution in [1.82, 2.24) is 10.2 Å². The Balaban J connectivity index is 1.91. The molecule has 2 N–H and O–H groups in total. The van der Waals surface area contributed by atoms with E-state index in [-0.39, 0.29) is 11.3 Å². The molecule has 0 radical (unpaired) electrons. The molecule has 6 nitrogen and oxygen atoms in total. The first-order valence-corrected chi connectivity index (χ1v) is 8.07. The van der Waals surface area contributed by atoms with Crippen LogP contribution in [0.5, 0.6) is 5.75 Å². The van der Waals surface area contributed by atoms with Crippen LogP contribution in [-0.2, 0) is 0 Å². The molecule has 0 fully saturated rings.